The number of benzene rings is 1. The van der Waals surface area contributed by atoms with Gasteiger partial charge in [0, 0.05) is 11.3 Å². The van der Waals surface area contributed by atoms with Gasteiger partial charge in [-0.3, -0.25) is 4.79 Å². The molecule has 0 aliphatic rings. The zero-order valence-electron chi connectivity index (χ0n) is 16.4. The number of thiocarbonyl (C=S) groups is 1. The second-order valence-electron chi connectivity index (χ2n) is 6.73. The Labute approximate surface area is 170 Å². The van der Waals surface area contributed by atoms with Crippen LogP contribution in [-0.4, -0.2) is 46.9 Å². The molecule has 1 N–H and O–H groups in total. The number of hydrogen-bond donors (Lipinski definition) is 1. The Balaban J connectivity index is 2.71. The van der Waals surface area contributed by atoms with Crippen molar-refractivity contribution in [2.75, 3.05) is 19.0 Å². The van der Waals surface area contributed by atoms with Gasteiger partial charge >= 0.3 is 6.09 Å². The van der Waals surface area contributed by atoms with Crippen LogP contribution in [0.4, 0.5) is 4.79 Å². The minimum atomic E-state index is -0.598. The maximum Gasteiger partial charge on any atom is 0.408 e. The number of carbonyl (C=O) groups is 2. The molecule has 0 radical (unpaired) electrons. The van der Waals surface area contributed by atoms with Crippen molar-refractivity contribution < 1.29 is 23.8 Å². The largest absolute Gasteiger partial charge is 0.491 e. The third kappa shape index (κ3) is 10.2. The first-order valence-corrected chi connectivity index (χ1v) is 10.0. The van der Waals surface area contributed by atoms with E-state index in [9.17, 15) is 9.59 Å². The van der Waals surface area contributed by atoms with Crippen LogP contribution in [0.1, 0.15) is 45.0 Å². The number of Topliss-reactive ketones (excluding diaryl/α,β-unsaturated/α-hetero) is 1. The van der Waals surface area contributed by atoms with Crippen LogP contribution in [0.15, 0.2) is 24.3 Å². The summed E-state index contributed by atoms with van der Waals surface area (Å²) in [4.78, 5) is 23.6. The van der Waals surface area contributed by atoms with E-state index < -0.39 is 11.7 Å². The van der Waals surface area contributed by atoms with Crippen molar-refractivity contribution in [1.82, 2.24) is 5.32 Å². The number of alkyl carbamates (subject to hydrolysis) is 1. The summed E-state index contributed by atoms with van der Waals surface area (Å²) >= 11 is 6.43. The van der Waals surface area contributed by atoms with Crippen LogP contribution in [-0.2, 0) is 9.47 Å². The zero-order chi connectivity index (χ0) is 20.4. The Kier molecular flexibility index (Phi) is 9.59. The number of ether oxygens (including phenoxy) is 3. The van der Waals surface area contributed by atoms with Crippen LogP contribution in [0.2, 0.25) is 0 Å². The smallest absolute Gasteiger partial charge is 0.408 e. The van der Waals surface area contributed by atoms with Gasteiger partial charge < -0.3 is 19.5 Å². The Bertz CT molecular complexity index is 658. The summed E-state index contributed by atoms with van der Waals surface area (Å²) in [6.07, 6.45) is -0.531. The highest BCUT2D eigenvalue weighted by molar-refractivity contribution is 8.22. The minimum absolute atomic E-state index is 0.0403. The first-order valence-electron chi connectivity index (χ1n) is 8.63. The molecule has 0 aliphatic carbocycles. The average molecular weight is 414 g/mol. The average Bonchev–Trinajstić information content (AvgIpc) is 2.56. The molecular weight excluding hydrogens is 386 g/mol. The van der Waals surface area contributed by atoms with Crippen molar-refractivity contribution in [2.45, 2.75) is 46.3 Å². The predicted molar refractivity (Wildman–Crippen MR) is 112 cm³/mol. The molecule has 0 heterocycles. The van der Waals surface area contributed by atoms with Crippen molar-refractivity contribution in [1.29, 1.82) is 0 Å². The molecule has 1 aromatic rings. The summed E-state index contributed by atoms with van der Waals surface area (Å²) in [5, 5.41) is 2.79. The van der Waals surface area contributed by atoms with Gasteiger partial charge in [0.05, 0.1) is 12.6 Å². The van der Waals surface area contributed by atoms with Crippen molar-refractivity contribution >= 4 is 40.2 Å². The highest BCUT2D eigenvalue weighted by Crippen LogP contribution is 2.16. The number of ketones is 1. The molecule has 0 saturated carbocycles. The van der Waals surface area contributed by atoms with Crippen molar-refractivity contribution in [3.63, 3.8) is 0 Å². The normalized spacial score (nSPS) is 12.0. The SMILES string of the molecule is CCOC(=S)SC[C@@H](COc1cccc(C(C)=O)c1)NC(=O)OC(C)(C)C. The van der Waals surface area contributed by atoms with Crippen LogP contribution >= 0.6 is 24.0 Å². The van der Waals surface area contributed by atoms with Crippen LogP contribution in [0.25, 0.3) is 0 Å². The molecule has 0 bridgehead atoms. The lowest BCUT2D eigenvalue weighted by Crippen LogP contribution is -2.43. The summed E-state index contributed by atoms with van der Waals surface area (Å²) in [6, 6.07) is 6.55. The summed E-state index contributed by atoms with van der Waals surface area (Å²) < 4.78 is 16.7. The minimum Gasteiger partial charge on any atom is -0.491 e. The molecular formula is C19H27NO5S2. The lowest BCUT2D eigenvalue weighted by Gasteiger charge is -2.23. The third-order valence-electron chi connectivity index (χ3n) is 3.08. The third-order valence-corrected chi connectivity index (χ3v) is 4.47. The van der Waals surface area contributed by atoms with E-state index >= 15 is 0 Å². The monoisotopic (exact) mass is 413 g/mol. The molecule has 1 amide bonds. The topological polar surface area (TPSA) is 73.9 Å². The van der Waals surface area contributed by atoms with Gasteiger partial charge in [0.25, 0.3) is 0 Å². The standard InChI is InChI=1S/C19H27NO5S2/c1-6-23-18(26)27-12-15(20-17(22)25-19(3,4)5)11-24-16-9-7-8-14(10-16)13(2)21/h7-10,15H,6,11-12H2,1-5H3,(H,20,22)/t15-/m1/s1. The van der Waals surface area contributed by atoms with Gasteiger partial charge in [-0.25, -0.2) is 4.79 Å². The van der Waals surface area contributed by atoms with Crippen molar-refractivity contribution in [3.05, 3.63) is 29.8 Å². The number of hydrogen-bond acceptors (Lipinski definition) is 7. The Morgan fingerprint density at radius 1 is 1.30 bits per heavy atom. The maximum atomic E-state index is 12.1. The van der Waals surface area contributed by atoms with Gasteiger partial charge in [0.2, 0.25) is 4.38 Å². The van der Waals surface area contributed by atoms with Crippen molar-refractivity contribution in [2.24, 2.45) is 0 Å². The second kappa shape index (κ2) is 11.1. The van der Waals surface area contributed by atoms with Gasteiger partial charge in [-0.1, -0.05) is 23.9 Å². The second-order valence-corrected chi connectivity index (χ2v) is 8.35. The number of rotatable bonds is 8. The molecule has 1 aromatic carbocycles. The number of nitrogens with one attached hydrogen (secondary N) is 1. The molecule has 0 spiro atoms. The molecule has 6 nitrogen and oxygen atoms in total. The van der Waals surface area contributed by atoms with Crippen LogP contribution < -0.4 is 10.1 Å². The Hall–Kier alpha value is -1.80. The number of thioether (sulfide) groups is 1. The van der Waals surface area contributed by atoms with E-state index in [-0.39, 0.29) is 18.4 Å². The first-order chi connectivity index (χ1) is 12.6. The predicted octanol–water partition coefficient (Wildman–Crippen LogP) is 4.22. The van der Waals surface area contributed by atoms with E-state index in [4.69, 9.17) is 26.4 Å². The summed E-state index contributed by atoms with van der Waals surface area (Å²) in [5.41, 5.74) is -0.0324. The van der Waals surface area contributed by atoms with E-state index in [0.717, 1.165) is 0 Å². The molecule has 0 aromatic heterocycles. The lowest BCUT2D eigenvalue weighted by atomic mass is 10.1. The van der Waals surface area contributed by atoms with Gasteiger partial charge in [0.1, 0.15) is 18.0 Å². The number of carbonyl (C=O) groups excluding carboxylic acids is 2. The first kappa shape index (κ1) is 23.2. The lowest BCUT2D eigenvalue weighted by molar-refractivity contribution is 0.0495. The van der Waals surface area contributed by atoms with E-state index in [1.807, 2.05) is 6.92 Å². The fourth-order valence-corrected chi connectivity index (χ4v) is 2.98. The maximum absolute atomic E-state index is 12.1. The number of amides is 1. The van der Waals surface area contributed by atoms with Gasteiger partial charge in [-0.2, -0.15) is 0 Å². The molecule has 8 heteroatoms. The fourth-order valence-electron chi connectivity index (χ4n) is 1.94. The van der Waals surface area contributed by atoms with Crippen LogP contribution in [0.3, 0.4) is 0 Å². The molecule has 1 atom stereocenters. The van der Waals surface area contributed by atoms with Gasteiger partial charge in [-0.05, 0) is 59.0 Å². The van der Waals surface area contributed by atoms with E-state index in [2.05, 4.69) is 5.32 Å². The molecule has 0 aliphatic heterocycles. The highest BCUT2D eigenvalue weighted by atomic mass is 32.2. The molecule has 150 valence electrons. The Morgan fingerprint density at radius 2 is 2.00 bits per heavy atom. The van der Waals surface area contributed by atoms with E-state index in [1.165, 1.54) is 18.7 Å². The quantitative estimate of drug-likeness (QED) is 0.505. The van der Waals surface area contributed by atoms with Gasteiger partial charge in [0.15, 0.2) is 5.78 Å². The summed E-state index contributed by atoms with van der Waals surface area (Å²) in [6.45, 7) is 9.43. The summed E-state index contributed by atoms with van der Waals surface area (Å²) in [5.74, 6) is 0.974. The van der Waals surface area contributed by atoms with Crippen molar-refractivity contribution in [3.8, 4) is 5.75 Å². The fraction of sp³-hybridized carbons (Fsp3) is 0.526. The van der Waals surface area contributed by atoms with E-state index in [1.54, 1.807) is 45.0 Å². The summed E-state index contributed by atoms with van der Waals surface area (Å²) in [7, 11) is 0. The van der Waals surface area contributed by atoms with E-state index in [0.29, 0.717) is 28.1 Å². The van der Waals surface area contributed by atoms with Crippen LogP contribution in [0.5, 0.6) is 5.75 Å². The molecule has 27 heavy (non-hydrogen) atoms. The molecule has 0 fully saturated rings. The highest BCUT2D eigenvalue weighted by Gasteiger charge is 2.21. The molecule has 0 unspecified atom stereocenters. The van der Waals surface area contributed by atoms with Gasteiger partial charge in [-0.15, -0.1) is 0 Å². The van der Waals surface area contributed by atoms with Crippen LogP contribution in [0, 0.1) is 0 Å². The Morgan fingerprint density at radius 3 is 2.59 bits per heavy atom. The molecule has 1 rings (SSSR count). The zero-order valence-corrected chi connectivity index (χ0v) is 18.0. The molecule has 0 saturated heterocycles.